The van der Waals surface area contributed by atoms with Crippen LogP contribution in [0.15, 0.2) is 30.3 Å². The van der Waals surface area contributed by atoms with E-state index in [0.29, 0.717) is 19.4 Å². The van der Waals surface area contributed by atoms with E-state index in [1.807, 2.05) is 36.4 Å². The van der Waals surface area contributed by atoms with Crippen molar-refractivity contribution in [3.8, 4) is 6.07 Å². The summed E-state index contributed by atoms with van der Waals surface area (Å²) in [5.74, 6) is 0.00843. The molecule has 0 aliphatic heterocycles. The predicted molar refractivity (Wildman–Crippen MR) is 58.0 cm³/mol. The SMILES string of the molecule is N#[14C]CCN[14C](=O)CCc1ccccc1. The number of nitrogens with zero attached hydrogens (tertiary/aromatic N) is 1. The first-order chi connectivity index (χ1) is 7.33. The molecule has 0 bridgehead atoms. The van der Waals surface area contributed by atoms with Crippen molar-refractivity contribution < 1.29 is 4.79 Å². The monoisotopic (exact) mass is 206 g/mol. The van der Waals surface area contributed by atoms with Gasteiger partial charge in [-0.3, -0.25) is 4.79 Å². The van der Waals surface area contributed by atoms with Gasteiger partial charge in [-0.25, -0.2) is 0 Å². The first kappa shape index (κ1) is 11.3. The highest BCUT2D eigenvalue weighted by Crippen LogP contribution is 2.01. The summed E-state index contributed by atoms with van der Waals surface area (Å²) in [5, 5.41) is 11.0. The van der Waals surface area contributed by atoms with Crippen LogP contribution in [0.2, 0.25) is 0 Å². The topological polar surface area (TPSA) is 52.9 Å². The van der Waals surface area contributed by atoms with Gasteiger partial charge in [-0.05, 0) is 12.0 Å². The molecule has 0 aliphatic rings. The summed E-state index contributed by atoms with van der Waals surface area (Å²) in [7, 11) is 0. The van der Waals surface area contributed by atoms with Crippen LogP contribution in [0.4, 0.5) is 0 Å². The number of benzene rings is 1. The van der Waals surface area contributed by atoms with E-state index < -0.39 is 0 Å². The number of nitrogens with one attached hydrogen (secondary N) is 1. The van der Waals surface area contributed by atoms with Crippen LogP contribution in [0.25, 0.3) is 0 Å². The average molecular weight is 206 g/mol. The molecule has 1 rings (SSSR count). The van der Waals surface area contributed by atoms with E-state index in [9.17, 15) is 4.79 Å². The number of hydrogen-bond acceptors (Lipinski definition) is 2. The number of carbonyl (C=O) groups excluding carboxylic acids is 1. The molecule has 3 heteroatoms. The van der Waals surface area contributed by atoms with Gasteiger partial charge in [0, 0.05) is 13.0 Å². The Balaban J connectivity index is 2.20. The third-order valence-electron chi connectivity index (χ3n) is 2.04. The van der Waals surface area contributed by atoms with E-state index in [2.05, 4.69) is 5.32 Å². The minimum atomic E-state index is 0.00843. The van der Waals surface area contributed by atoms with Gasteiger partial charge in [0.2, 0.25) is 5.91 Å². The van der Waals surface area contributed by atoms with Crippen molar-refractivity contribution in [2.45, 2.75) is 19.3 Å². The maximum atomic E-state index is 11.3. The molecule has 0 fully saturated rings. The molecule has 1 amide bonds. The fourth-order valence-corrected chi connectivity index (χ4v) is 1.25. The number of hydrogen-bond donors (Lipinski definition) is 1. The zero-order valence-electron chi connectivity index (χ0n) is 8.57. The molecular weight excluding hydrogens is 192 g/mol. The van der Waals surface area contributed by atoms with E-state index in [1.165, 1.54) is 0 Å². The van der Waals surface area contributed by atoms with Crippen LogP contribution in [-0.2, 0) is 11.2 Å². The Labute approximate surface area is 89.7 Å². The second kappa shape index (κ2) is 6.61. The second-order valence-corrected chi connectivity index (χ2v) is 3.24. The molecule has 1 aromatic carbocycles. The summed E-state index contributed by atoms with van der Waals surface area (Å²) < 4.78 is 0. The molecule has 0 radical (unpaired) electrons. The lowest BCUT2D eigenvalue weighted by Crippen LogP contribution is -2.24. The van der Waals surface area contributed by atoms with E-state index in [4.69, 9.17) is 5.26 Å². The molecule has 0 saturated heterocycles. The van der Waals surface area contributed by atoms with Gasteiger partial charge in [-0.15, -0.1) is 0 Å². The Morgan fingerprint density at radius 2 is 2.07 bits per heavy atom. The maximum absolute atomic E-state index is 11.3. The van der Waals surface area contributed by atoms with Crippen molar-refractivity contribution in [3.63, 3.8) is 0 Å². The third kappa shape index (κ3) is 4.82. The summed E-state index contributed by atoms with van der Waals surface area (Å²) in [6, 6.07) is 11.9. The summed E-state index contributed by atoms with van der Waals surface area (Å²) in [6.45, 7) is 0.449. The minimum absolute atomic E-state index is 0.00843. The van der Waals surface area contributed by atoms with E-state index >= 15 is 0 Å². The van der Waals surface area contributed by atoms with Gasteiger partial charge in [0.25, 0.3) is 0 Å². The van der Waals surface area contributed by atoms with Gasteiger partial charge >= 0.3 is 0 Å². The first-order valence-corrected chi connectivity index (χ1v) is 5.00. The van der Waals surface area contributed by atoms with Crippen LogP contribution < -0.4 is 5.32 Å². The summed E-state index contributed by atoms with van der Waals surface area (Å²) in [6.07, 6.45) is 1.60. The van der Waals surface area contributed by atoms with Crippen LogP contribution in [0.3, 0.4) is 0 Å². The molecule has 3 nitrogen and oxygen atoms in total. The Hall–Kier alpha value is -1.82. The Morgan fingerprint density at radius 3 is 2.73 bits per heavy atom. The zero-order valence-corrected chi connectivity index (χ0v) is 8.57. The molecule has 0 aromatic heterocycles. The fraction of sp³-hybridized carbons (Fsp3) is 0.333. The molecule has 0 heterocycles. The highest BCUT2D eigenvalue weighted by Gasteiger charge is 2.00. The van der Waals surface area contributed by atoms with Crippen LogP contribution in [0.1, 0.15) is 18.4 Å². The third-order valence-corrected chi connectivity index (χ3v) is 2.04. The maximum Gasteiger partial charge on any atom is 0.220 e. The molecule has 0 atom stereocenters. The smallest absolute Gasteiger partial charge is 0.220 e. The number of rotatable bonds is 5. The Bertz CT molecular complexity index is 340. The number of amides is 1. The van der Waals surface area contributed by atoms with Crippen LogP contribution in [-0.4, -0.2) is 12.5 Å². The van der Waals surface area contributed by atoms with Crippen molar-refractivity contribution >= 4 is 5.91 Å². The van der Waals surface area contributed by atoms with Crippen molar-refractivity contribution in [2.24, 2.45) is 0 Å². The molecule has 1 N–H and O–H groups in total. The van der Waals surface area contributed by atoms with E-state index in [1.54, 1.807) is 0 Å². The van der Waals surface area contributed by atoms with Gasteiger partial charge < -0.3 is 5.32 Å². The number of aryl methyl sites for hydroxylation is 1. The standard InChI is InChI=1S/C12H14N2O/c13-9-4-10-14-12(15)8-7-11-5-2-1-3-6-11/h1-3,5-6H,4,7-8,10H2,(H,14,15)/i9+2,12+2. The van der Waals surface area contributed by atoms with Crippen LogP contribution in [0.5, 0.6) is 0 Å². The predicted octanol–water partition coefficient (Wildman–Crippen LogP) is 1.65. The normalized spacial score (nSPS) is 9.27. The zero-order chi connectivity index (χ0) is 10.9. The van der Waals surface area contributed by atoms with Gasteiger partial charge in [0.1, 0.15) is 0 Å². The molecule has 78 valence electrons. The molecule has 0 spiro atoms. The summed E-state index contributed by atoms with van der Waals surface area (Å²) in [4.78, 5) is 11.3. The molecule has 1 aromatic rings. The molecule has 0 unspecified atom stereocenters. The van der Waals surface area contributed by atoms with Gasteiger partial charge in [-0.1, -0.05) is 30.3 Å². The van der Waals surface area contributed by atoms with Crippen molar-refractivity contribution in [1.29, 1.82) is 5.26 Å². The largest absolute Gasteiger partial charge is 0.355 e. The highest BCUT2D eigenvalue weighted by atomic mass is 16.3. The minimum Gasteiger partial charge on any atom is -0.355 e. The molecule has 0 aliphatic carbocycles. The Kier molecular flexibility index (Phi) is 4.96. The van der Waals surface area contributed by atoms with Crippen LogP contribution in [0, 0.1) is 11.3 Å². The van der Waals surface area contributed by atoms with Crippen molar-refractivity contribution in [2.75, 3.05) is 6.54 Å². The lowest BCUT2D eigenvalue weighted by atomic mass is 10.2. The first-order valence-electron chi connectivity index (χ1n) is 5.00. The van der Waals surface area contributed by atoms with Crippen molar-refractivity contribution in [3.05, 3.63) is 35.9 Å². The van der Waals surface area contributed by atoms with E-state index in [-0.39, 0.29) is 5.91 Å². The second-order valence-electron chi connectivity index (χ2n) is 3.24. The highest BCUT2D eigenvalue weighted by molar-refractivity contribution is 5.76. The van der Waals surface area contributed by atoms with Gasteiger partial charge in [-0.2, -0.15) is 5.26 Å². The number of carbonyl (C=O) groups is 1. The Morgan fingerprint density at radius 1 is 1.33 bits per heavy atom. The lowest BCUT2D eigenvalue weighted by molar-refractivity contribution is -0.121. The van der Waals surface area contributed by atoms with Gasteiger partial charge in [0.05, 0.1) is 12.5 Å². The summed E-state index contributed by atoms with van der Waals surface area (Å²) >= 11 is 0. The van der Waals surface area contributed by atoms with Crippen molar-refractivity contribution in [1.82, 2.24) is 5.32 Å². The van der Waals surface area contributed by atoms with Crippen LogP contribution >= 0.6 is 0 Å². The average Bonchev–Trinajstić information content (AvgIpc) is 2.28. The lowest BCUT2D eigenvalue weighted by Gasteiger charge is -2.02. The summed E-state index contributed by atoms with van der Waals surface area (Å²) in [5.41, 5.74) is 1.16. The fourth-order valence-electron chi connectivity index (χ4n) is 1.25. The molecular formula is C12H14N2O. The van der Waals surface area contributed by atoms with E-state index in [0.717, 1.165) is 12.0 Å². The van der Waals surface area contributed by atoms with Gasteiger partial charge in [0.15, 0.2) is 0 Å². The number of nitriles is 1. The molecule has 0 saturated carbocycles. The quantitative estimate of drug-likeness (QED) is 0.745. The molecule has 15 heavy (non-hydrogen) atoms.